The van der Waals surface area contributed by atoms with Crippen LogP contribution in [0.4, 0.5) is 8.78 Å². The van der Waals surface area contributed by atoms with Gasteiger partial charge in [0.15, 0.2) is 11.6 Å². The molecule has 0 aliphatic carbocycles. The number of carbonyl (C=O) groups is 1. The maximum Gasteiger partial charge on any atom is 0.309 e. The van der Waals surface area contributed by atoms with Crippen LogP contribution in [-0.2, 0) is 11.2 Å². The van der Waals surface area contributed by atoms with Crippen LogP contribution in [0.15, 0.2) is 10.5 Å². The molecule has 0 atom stereocenters. The average molecular weight is 323 g/mol. The molecule has 6 heteroatoms. The van der Waals surface area contributed by atoms with E-state index in [9.17, 15) is 13.6 Å². The fourth-order valence-corrected chi connectivity index (χ4v) is 2.11. The number of hydrogen-bond acceptors (Lipinski definition) is 2. The Labute approximate surface area is 112 Å². The lowest BCUT2D eigenvalue weighted by Gasteiger charge is -2.20. The summed E-state index contributed by atoms with van der Waals surface area (Å²) in [7, 11) is 1.23. The van der Waals surface area contributed by atoms with E-state index in [1.165, 1.54) is 27.0 Å². The molecule has 0 fully saturated rings. The van der Waals surface area contributed by atoms with E-state index >= 15 is 0 Å². The topological polar surface area (TPSA) is 46.5 Å². The lowest BCUT2D eigenvalue weighted by molar-refractivity contribution is -0.146. The molecule has 3 nitrogen and oxygen atoms in total. The quantitative estimate of drug-likeness (QED) is 0.864. The molecule has 0 heterocycles. The van der Waals surface area contributed by atoms with Crippen LogP contribution in [0.2, 0.25) is 0 Å². The molecule has 0 amide bonds. The lowest BCUT2D eigenvalue weighted by atomic mass is 9.85. The van der Waals surface area contributed by atoms with Crippen LogP contribution in [0.25, 0.3) is 0 Å². The predicted octanol–water partition coefficient (Wildman–Crippen LogP) is 3.39. The first kappa shape index (κ1) is 14.9. The van der Waals surface area contributed by atoms with Crippen LogP contribution in [0.1, 0.15) is 19.4 Å². The minimum absolute atomic E-state index is 0.00687. The van der Waals surface area contributed by atoms with E-state index < -0.39 is 23.0 Å². The van der Waals surface area contributed by atoms with Crippen molar-refractivity contribution in [3.05, 3.63) is 27.7 Å². The third-order valence-corrected chi connectivity index (χ3v) is 3.20. The Kier molecular flexibility index (Phi) is 4.32. The molecule has 18 heavy (non-hydrogen) atoms. The minimum Gasteiger partial charge on any atom is -0.492 e. The zero-order valence-corrected chi connectivity index (χ0v) is 11.8. The van der Waals surface area contributed by atoms with Gasteiger partial charge >= 0.3 is 5.97 Å². The highest BCUT2D eigenvalue weighted by atomic mass is 79.9. The zero-order valence-electron chi connectivity index (χ0n) is 10.2. The van der Waals surface area contributed by atoms with Gasteiger partial charge in [0.2, 0.25) is 5.82 Å². The molecule has 0 saturated carbocycles. The van der Waals surface area contributed by atoms with Crippen molar-refractivity contribution >= 4 is 21.9 Å². The summed E-state index contributed by atoms with van der Waals surface area (Å²) in [5, 5.41) is 8.98. The van der Waals surface area contributed by atoms with Crippen molar-refractivity contribution in [3.8, 4) is 5.75 Å². The molecule has 100 valence electrons. The first-order valence-corrected chi connectivity index (χ1v) is 5.93. The van der Waals surface area contributed by atoms with Gasteiger partial charge in [0.25, 0.3) is 0 Å². The smallest absolute Gasteiger partial charge is 0.309 e. The van der Waals surface area contributed by atoms with Gasteiger partial charge in [-0.15, -0.1) is 0 Å². The molecule has 1 N–H and O–H groups in total. The maximum absolute atomic E-state index is 13.8. The molecular weight excluding hydrogens is 310 g/mol. The lowest BCUT2D eigenvalue weighted by Crippen LogP contribution is -2.26. The number of hydrogen-bond donors (Lipinski definition) is 1. The van der Waals surface area contributed by atoms with Crippen molar-refractivity contribution < 1.29 is 23.4 Å². The second-order valence-corrected chi connectivity index (χ2v) is 5.40. The van der Waals surface area contributed by atoms with E-state index in [4.69, 9.17) is 9.84 Å². The molecule has 0 radical (unpaired) electrons. The summed E-state index contributed by atoms with van der Waals surface area (Å²) < 4.78 is 32.3. The van der Waals surface area contributed by atoms with Crippen molar-refractivity contribution in [2.75, 3.05) is 7.11 Å². The monoisotopic (exact) mass is 322 g/mol. The minimum atomic E-state index is -1.18. The molecule has 1 rings (SSSR count). The van der Waals surface area contributed by atoms with Gasteiger partial charge in [-0.3, -0.25) is 4.79 Å². The Morgan fingerprint density at radius 2 is 2.00 bits per heavy atom. The summed E-state index contributed by atoms with van der Waals surface area (Å²) in [6, 6.07) is 1.34. The van der Waals surface area contributed by atoms with Gasteiger partial charge in [-0.25, -0.2) is 4.39 Å². The first-order valence-electron chi connectivity index (χ1n) is 5.14. The van der Waals surface area contributed by atoms with Gasteiger partial charge in [0, 0.05) is 0 Å². The average Bonchev–Trinajstić information content (AvgIpc) is 2.25. The fraction of sp³-hybridized carbons (Fsp3) is 0.417. The van der Waals surface area contributed by atoms with Crippen molar-refractivity contribution in [2.45, 2.75) is 20.3 Å². The second-order valence-electron chi connectivity index (χ2n) is 4.54. The van der Waals surface area contributed by atoms with Crippen molar-refractivity contribution in [2.24, 2.45) is 5.41 Å². The molecule has 0 spiro atoms. The molecule has 0 saturated heterocycles. The molecule has 0 unspecified atom stereocenters. The van der Waals surface area contributed by atoms with Gasteiger partial charge < -0.3 is 9.84 Å². The standard InChI is InChI=1S/C12H13BrF2O3/c1-12(2,11(16)17)5-6-4-7(13)10(18-3)9(15)8(6)14/h4H,5H2,1-3H3,(H,16,17). The summed E-state index contributed by atoms with van der Waals surface area (Å²) in [5.41, 5.74) is -1.19. The predicted molar refractivity (Wildman–Crippen MR) is 65.7 cm³/mol. The highest BCUT2D eigenvalue weighted by molar-refractivity contribution is 9.10. The van der Waals surface area contributed by atoms with Crippen LogP contribution in [-0.4, -0.2) is 18.2 Å². The van der Waals surface area contributed by atoms with Gasteiger partial charge in [-0.1, -0.05) is 0 Å². The normalized spacial score (nSPS) is 11.4. The summed E-state index contributed by atoms with van der Waals surface area (Å²) in [6.07, 6.45) is -0.117. The Bertz CT molecular complexity index is 487. The van der Waals surface area contributed by atoms with Crippen LogP contribution in [0, 0.1) is 17.0 Å². The zero-order chi connectivity index (χ0) is 14.1. The van der Waals surface area contributed by atoms with Crippen molar-refractivity contribution in [1.29, 1.82) is 0 Å². The molecule has 0 bridgehead atoms. The molecular formula is C12H13BrF2O3. The van der Waals surface area contributed by atoms with Gasteiger partial charge in [0.05, 0.1) is 17.0 Å². The molecule has 1 aromatic carbocycles. The third-order valence-electron chi connectivity index (χ3n) is 2.61. The SMILES string of the molecule is COc1c(Br)cc(CC(C)(C)C(=O)O)c(F)c1F. The second kappa shape index (κ2) is 5.22. The Hall–Kier alpha value is -1.17. The number of benzene rings is 1. The van der Waals surface area contributed by atoms with Gasteiger partial charge in [-0.2, -0.15) is 4.39 Å². The molecule has 0 aliphatic heterocycles. The largest absolute Gasteiger partial charge is 0.492 e. The third kappa shape index (κ3) is 2.80. The Morgan fingerprint density at radius 1 is 1.44 bits per heavy atom. The molecule has 0 aliphatic rings. The summed E-state index contributed by atoms with van der Waals surface area (Å²) in [4.78, 5) is 11.0. The van der Waals surface area contributed by atoms with Gasteiger partial charge in [-0.05, 0) is 47.8 Å². The molecule has 1 aromatic rings. The van der Waals surface area contributed by atoms with E-state index in [0.29, 0.717) is 0 Å². The van der Waals surface area contributed by atoms with E-state index in [1.54, 1.807) is 0 Å². The number of aliphatic carboxylic acids is 1. The summed E-state index contributed by atoms with van der Waals surface area (Å²) >= 11 is 3.06. The van der Waals surface area contributed by atoms with E-state index in [1.807, 2.05) is 0 Å². The molecule has 0 aromatic heterocycles. The Morgan fingerprint density at radius 3 is 2.44 bits per heavy atom. The maximum atomic E-state index is 13.8. The van der Waals surface area contributed by atoms with E-state index in [2.05, 4.69) is 15.9 Å². The summed E-state index contributed by atoms with van der Waals surface area (Å²) in [6.45, 7) is 2.90. The fourth-order valence-electron chi connectivity index (χ4n) is 1.49. The van der Waals surface area contributed by atoms with Crippen LogP contribution in [0.3, 0.4) is 0 Å². The van der Waals surface area contributed by atoms with E-state index in [0.717, 1.165) is 0 Å². The highest BCUT2D eigenvalue weighted by Gasteiger charge is 2.30. The van der Waals surface area contributed by atoms with Gasteiger partial charge in [0.1, 0.15) is 0 Å². The Balaban J connectivity index is 3.24. The first-order chi connectivity index (χ1) is 8.20. The number of rotatable bonds is 4. The van der Waals surface area contributed by atoms with Crippen molar-refractivity contribution in [3.63, 3.8) is 0 Å². The number of carboxylic acid groups (broad SMARTS) is 1. The van der Waals surface area contributed by atoms with E-state index in [-0.39, 0.29) is 22.2 Å². The number of methoxy groups -OCH3 is 1. The van der Waals surface area contributed by atoms with Crippen molar-refractivity contribution in [1.82, 2.24) is 0 Å². The highest BCUT2D eigenvalue weighted by Crippen LogP contribution is 2.34. The number of ether oxygens (including phenoxy) is 1. The van der Waals surface area contributed by atoms with Crippen LogP contribution in [0.5, 0.6) is 5.75 Å². The van der Waals surface area contributed by atoms with Crippen LogP contribution >= 0.6 is 15.9 Å². The summed E-state index contributed by atoms with van der Waals surface area (Å²) in [5.74, 6) is -3.51. The number of halogens is 3. The number of carboxylic acids is 1. The van der Waals surface area contributed by atoms with Crippen LogP contribution < -0.4 is 4.74 Å².